The van der Waals surface area contributed by atoms with Gasteiger partial charge in [-0.15, -0.1) is 11.3 Å². The van der Waals surface area contributed by atoms with Crippen LogP contribution < -0.4 is 11.1 Å². The van der Waals surface area contributed by atoms with Crippen molar-refractivity contribution in [2.75, 3.05) is 11.9 Å². The summed E-state index contributed by atoms with van der Waals surface area (Å²) >= 11 is 0.897. The summed E-state index contributed by atoms with van der Waals surface area (Å²) in [7, 11) is 0. The van der Waals surface area contributed by atoms with Crippen LogP contribution >= 0.6 is 11.3 Å². The molecule has 0 saturated heterocycles. The molecule has 0 unspecified atom stereocenters. The molecule has 0 aromatic carbocycles. The van der Waals surface area contributed by atoms with Gasteiger partial charge in [-0.3, -0.25) is 24.4 Å². The lowest BCUT2D eigenvalue weighted by molar-refractivity contribution is -0.385. The van der Waals surface area contributed by atoms with Crippen molar-refractivity contribution in [3.63, 3.8) is 0 Å². The first-order valence-corrected chi connectivity index (χ1v) is 9.55. The molecule has 2 amide bonds. The van der Waals surface area contributed by atoms with Gasteiger partial charge in [0.05, 0.1) is 22.0 Å². The van der Waals surface area contributed by atoms with E-state index in [9.17, 15) is 24.5 Å². The molecule has 3 N–H and O–H groups in total. The molecule has 0 aliphatic carbocycles. The third-order valence-corrected chi connectivity index (χ3v) is 5.17. The summed E-state index contributed by atoms with van der Waals surface area (Å²) in [4.78, 5) is 46.8. The van der Waals surface area contributed by atoms with Crippen molar-refractivity contribution in [3.8, 4) is 0 Å². The van der Waals surface area contributed by atoms with Gasteiger partial charge in [0.25, 0.3) is 5.91 Å². The molecule has 12 heteroatoms. The molecule has 0 bridgehead atoms. The molecule has 0 fully saturated rings. The molecular formula is C17H21N5O6S. The zero-order valence-corrected chi connectivity index (χ0v) is 17.0. The maximum Gasteiger partial charge on any atom is 0.341 e. The minimum atomic E-state index is -0.711. The van der Waals surface area contributed by atoms with Gasteiger partial charge < -0.3 is 15.8 Å². The summed E-state index contributed by atoms with van der Waals surface area (Å²) in [6.45, 7) is 5.20. The summed E-state index contributed by atoms with van der Waals surface area (Å²) in [5.41, 5.74) is 5.90. The molecule has 0 radical (unpaired) electrons. The molecule has 0 aliphatic heterocycles. The summed E-state index contributed by atoms with van der Waals surface area (Å²) in [6.07, 6.45) is 1.82. The minimum absolute atomic E-state index is 0.0510. The third-order valence-electron chi connectivity index (χ3n) is 3.95. The van der Waals surface area contributed by atoms with Crippen LogP contribution in [-0.2, 0) is 16.1 Å². The number of ether oxygens (including phenoxy) is 1. The first-order valence-electron chi connectivity index (χ1n) is 8.74. The number of nitrogens with two attached hydrogens (primary N) is 1. The lowest BCUT2D eigenvalue weighted by atomic mass is 10.1. The van der Waals surface area contributed by atoms with Gasteiger partial charge in [0.1, 0.15) is 16.9 Å². The highest BCUT2D eigenvalue weighted by Crippen LogP contribution is 2.33. The average Bonchev–Trinajstić information content (AvgIpc) is 3.18. The van der Waals surface area contributed by atoms with E-state index in [4.69, 9.17) is 10.5 Å². The van der Waals surface area contributed by atoms with Crippen LogP contribution in [-0.4, -0.2) is 39.1 Å². The fourth-order valence-corrected chi connectivity index (χ4v) is 3.62. The molecule has 2 aromatic heterocycles. The van der Waals surface area contributed by atoms with Gasteiger partial charge in [0.2, 0.25) is 5.91 Å². The van der Waals surface area contributed by atoms with Crippen molar-refractivity contribution >= 4 is 39.8 Å². The van der Waals surface area contributed by atoms with Crippen molar-refractivity contribution in [3.05, 3.63) is 38.0 Å². The normalized spacial score (nSPS) is 10.6. The van der Waals surface area contributed by atoms with Crippen molar-refractivity contribution < 1.29 is 24.0 Å². The number of anilines is 1. The molecule has 2 heterocycles. The Morgan fingerprint density at radius 1 is 1.38 bits per heavy atom. The number of amides is 2. The lowest BCUT2D eigenvalue weighted by Crippen LogP contribution is -2.17. The van der Waals surface area contributed by atoms with Crippen LogP contribution in [0.5, 0.6) is 0 Å². The van der Waals surface area contributed by atoms with Crippen LogP contribution in [0, 0.1) is 24.0 Å². The van der Waals surface area contributed by atoms with Crippen LogP contribution in [0.15, 0.2) is 6.20 Å². The molecule has 2 aromatic rings. The fourth-order valence-electron chi connectivity index (χ4n) is 2.56. The van der Waals surface area contributed by atoms with Crippen LogP contribution in [0.3, 0.4) is 0 Å². The molecule has 156 valence electrons. The van der Waals surface area contributed by atoms with Crippen molar-refractivity contribution in [2.24, 2.45) is 5.73 Å². The topological polar surface area (TPSA) is 159 Å². The number of aryl methyl sites for hydroxylation is 2. The quantitative estimate of drug-likeness (QED) is 0.355. The molecule has 0 atom stereocenters. The number of esters is 1. The van der Waals surface area contributed by atoms with Gasteiger partial charge in [-0.05, 0) is 25.8 Å². The standard InChI is InChI=1S/C17H21N5O6S/c1-4-7-28-17(25)13-9(2)14(15(18)24)29-16(13)19-12(23)5-6-21-8-11(22(26)27)10(3)20-21/h8H,4-7H2,1-3H3,(H2,18,24)(H,19,23). The van der Waals surface area contributed by atoms with Crippen molar-refractivity contribution in [1.82, 2.24) is 9.78 Å². The molecule has 0 aliphatic rings. The Bertz CT molecular complexity index is 964. The van der Waals surface area contributed by atoms with Gasteiger partial charge >= 0.3 is 11.7 Å². The number of hydrogen-bond donors (Lipinski definition) is 2. The van der Waals surface area contributed by atoms with Crippen LogP contribution in [0.1, 0.15) is 51.1 Å². The third kappa shape index (κ3) is 5.16. The zero-order chi connectivity index (χ0) is 21.7. The van der Waals surface area contributed by atoms with E-state index in [0.717, 1.165) is 11.3 Å². The number of thiophene rings is 1. The second-order valence-corrected chi connectivity index (χ2v) is 7.20. The van der Waals surface area contributed by atoms with Crippen LogP contribution in [0.2, 0.25) is 0 Å². The monoisotopic (exact) mass is 423 g/mol. The number of rotatable bonds is 9. The zero-order valence-electron chi connectivity index (χ0n) is 16.2. The number of carbonyl (C=O) groups excluding carboxylic acids is 3. The lowest BCUT2D eigenvalue weighted by Gasteiger charge is -2.08. The molecule has 11 nitrogen and oxygen atoms in total. The molecule has 2 rings (SSSR count). The summed E-state index contributed by atoms with van der Waals surface area (Å²) in [5.74, 6) is -1.82. The highest BCUT2D eigenvalue weighted by Gasteiger charge is 2.26. The summed E-state index contributed by atoms with van der Waals surface area (Å²) < 4.78 is 6.43. The maximum atomic E-state index is 12.3. The largest absolute Gasteiger partial charge is 0.462 e. The van der Waals surface area contributed by atoms with E-state index >= 15 is 0 Å². The van der Waals surface area contributed by atoms with Crippen LogP contribution in [0.25, 0.3) is 0 Å². The number of nitro groups is 1. The first-order chi connectivity index (χ1) is 13.6. The Kier molecular flexibility index (Phi) is 7.04. The van der Waals surface area contributed by atoms with Gasteiger partial charge in [-0.2, -0.15) is 5.10 Å². The average molecular weight is 423 g/mol. The van der Waals surface area contributed by atoms with Crippen LogP contribution in [0.4, 0.5) is 10.7 Å². The van der Waals surface area contributed by atoms with E-state index in [2.05, 4.69) is 10.4 Å². The Balaban J connectivity index is 2.15. The number of hydrogen-bond acceptors (Lipinski definition) is 8. The molecule has 0 saturated carbocycles. The number of nitrogens with one attached hydrogen (secondary N) is 1. The maximum absolute atomic E-state index is 12.3. The predicted octanol–water partition coefficient (Wildman–Crippen LogP) is 2.16. The van der Waals surface area contributed by atoms with Crippen molar-refractivity contribution in [2.45, 2.75) is 40.2 Å². The fraction of sp³-hybridized carbons (Fsp3) is 0.412. The van der Waals surface area contributed by atoms with Gasteiger partial charge in [0.15, 0.2) is 0 Å². The number of aromatic nitrogens is 2. The van der Waals surface area contributed by atoms with E-state index in [0.29, 0.717) is 12.0 Å². The highest BCUT2D eigenvalue weighted by atomic mass is 32.1. The number of carbonyl (C=O) groups is 3. The number of primary amides is 1. The molecule has 29 heavy (non-hydrogen) atoms. The molecular weight excluding hydrogens is 402 g/mol. The smallest absolute Gasteiger partial charge is 0.341 e. The van der Waals surface area contributed by atoms with Gasteiger partial charge in [-0.1, -0.05) is 6.92 Å². The second-order valence-electron chi connectivity index (χ2n) is 6.18. The van der Waals surface area contributed by atoms with E-state index < -0.39 is 22.7 Å². The SMILES string of the molecule is CCCOC(=O)c1c(NC(=O)CCn2cc([N+](=O)[O-])c(C)n2)sc(C(N)=O)c1C. The van der Waals surface area contributed by atoms with Gasteiger partial charge in [-0.25, -0.2) is 4.79 Å². The summed E-state index contributed by atoms with van der Waals surface area (Å²) in [5, 5.41) is 17.6. The number of nitrogens with zero attached hydrogens (tertiary/aromatic N) is 3. The van der Waals surface area contributed by atoms with Gasteiger partial charge in [0, 0.05) is 13.0 Å². The predicted molar refractivity (Wildman–Crippen MR) is 105 cm³/mol. The minimum Gasteiger partial charge on any atom is -0.462 e. The first kappa shape index (κ1) is 22.0. The molecule has 0 spiro atoms. The Labute approximate surface area is 170 Å². The van der Waals surface area contributed by atoms with E-state index in [1.807, 2.05) is 6.92 Å². The van der Waals surface area contributed by atoms with E-state index in [1.165, 1.54) is 17.8 Å². The van der Waals surface area contributed by atoms with E-state index in [1.54, 1.807) is 6.92 Å². The highest BCUT2D eigenvalue weighted by molar-refractivity contribution is 7.18. The van der Waals surface area contributed by atoms with Crippen molar-refractivity contribution in [1.29, 1.82) is 0 Å². The Hall–Kier alpha value is -3.28. The second kappa shape index (κ2) is 9.28. The van der Waals surface area contributed by atoms with E-state index in [-0.39, 0.29) is 46.4 Å². The Morgan fingerprint density at radius 3 is 2.62 bits per heavy atom. The summed E-state index contributed by atoms with van der Waals surface area (Å²) in [6, 6.07) is 0. The Morgan fingerprint density at radius 2 is 2.07 bits per heavy atom.